The van der Waals surface area contributed by atoms with Crippen LogP contribution >= 0.6 is 0 Å². The number of para-hydroxylation sites is 1. The predicted octanol–water partition coefficient (Wildman–Crippen LogP) is 3.11. The number of nitrogens with zero attached hydrogens (tertiary/aromatic N) is 1. The highest BCUT2D eigenvalue weighted by atomic mass is 19.4. The molecule has 3 rings (SSSR count). The molecule has 28 heavy (non-hydrogen) atoms. The summed E-state index contributed by atoms with van der Waals surface area (Å²) < 4.78 is 40.0. The van der Waals surface area contributed by atoms with E-state index in [1.165, 1.54) is 19.1 Å². The van der Waals surface area contributed by atoms with Gasteiger partial charge in [-0.1, -0.05) is 36.4 Å². The molecule has 0 spiro atoms. The van der Waals surface area contributed by atoms with Gasteiger partial charge >= 0.3 is 12.2 Å². The van der Waals surface area contributed by atoms with Gasteiger partial charge in [0.1, 0.15) is 12.1 Å². The van der Waals surface area contributed by atoms with E-state index in [1.807, 2.05) is 0 Å². The van der Waals surface area contributed by atoms with Crippen molar-refractivity contribution in [2.24, 2.45) is 0 Å². The molecule has 1 aliphatic rings. The summed E-state index contributed by atoms with van der Waals surface area (Å²) in [5.74, 6) is -1.58. The van der Waals surface area contributed by atoms with Gasteiger partial charge in [0.25, 0.3) is 5.91 Å². The van der Waals surface area contributed by atoms with E-state index in [2.05, 4.69) is 10.6 Å². The summed E-state index contributed by atoms with van der Waals surface area (Å²) in [5.41, 5.74) is -2.88. The van der Waals surface area contributed by atoms with Gasteiger partial charge in [-0.2, -0.15) is 13.2 Å². The number of urea groups is 1. The fourth-order valence-electron chi connectivity index (χ4n) is 3.06. The number of halogens is 3. The standard InChI is InChI=1S/C19H16F3N3O3/c1-18(13-9-5-6-10-14(13)19(20,21)22)16(27)25(17(28)24-18)11-15(26)23-12-7-3-2-4-8-12/h2-10H,11H2,1H3,(H,23,26)(H,24,28)/t18-/m1/s1. The van der Waals surface area contributed by atoms with E-state index in [-0.39, 0.29) is 5.56 Å². The third kappa shape index (κ3) is 3.55. The second kappa shape index (κ2) is 6.99. The number of hydrogen-bond acceptors (Lipinski definition) is 3. The van der Waals surface area contributed by atoms with Crippen molar-refractivity contribution in [1.29, 1.82) is 0 Å². The Hall–Kier alpha value is -3.36. The van der Waals surface area contributed by atoms with Crippen molar-refractivity contribution < 1.29 is 27.6 Å². The van der Waals surface area contributed by atoms with E-state index in [0.29, 0.717) is 10.6 Å². The summed E-state index contributed by atoms with van der Waals surface area (Å²) in [6, 6.07) is 11.9. The molecular weight excluding hydrogens is 375 g/mol. The molecule has 2 aromatic rings. The van der Waals surface area contributed by atoms with E-state index in [9.17, 15) is 27.6 Å². The van der Waals surface area contributed by atoms with E-state index in [0.717, 1.165) is 12.1 Å². The van der Waals surface area contributed by atoms with Crippen molar-refractivity contribution in [1.82, 2.24) is 10.2 Å². The van der Waals surface area contributed by atoms with Crippen molar-refractivity contribution in [3.63, 3.8) is 0 Å². The van der Waals surface area contributed by atoms with Crippen LogP contribution in [0, 0.1) is 0 Å². The van der Waals surface area contributed by atoms with Crippen molar-refractivity contribution in [3.8, 4) is 0 Å². The summed E-state index contributed by atoms with van der Waals surface area (Å²) in [6.45, 7) is 0.566. The lowest BCUT2D eigenvalue weighted by molar-refractivity contribution is -0.140. The highest BCUT2D eigenvalue weighted by Gasteiger charge is 2.52. The first-order chi connectivity index (χ1) is 13.1. The Kier molecular flexibility index (Phi) is 4.84. The Bertz CT molecular complexity index is 931. The van der Waals surface area contributed by atoms with Crippen LogP contribution in [-0.2, 0) is 21.3 Å². The summed E-state index contributed by atoms with van der Waals surface area (Å²) in [5, 5.41) is 4.81. The van der Waals surface area contributed by atoms with Gasteiger partial charge in [-0.25, -0.2) is 4.79 Å². The molecule has 0 aromatic heterocycles. The van der Waals surface area contributed by atoms with E-state index in [1.54, 1.807) is 30.3 Å². The molecule has 1 heterocycles. The van der Waals surface area contributed by atoms with Gasteiger partial charge < -0.3 is 10.6 Å². The molecular formula is C19H16F3N3O3. The van der Waals surface area contributed by atoms with Gasteiger partial charge in [-0.3, -0.25) is 14.5 Å². The Morgan fingerprint density at radius 1 is 1.07 bits per heavy atom. The lowest BCUT2D eigenvalue weighted by Crippen LogP contribution is -2.43. The molecule has 2 aromatic carbocycles. The molecule has 9 heteroatoms. The van der Waals surface area contributed by atoms with E-state index >= 15 is 0 Å². The van der Waals surface area contributed by atoms with Crippen molar-refractivity contribution in [2.45, 2.75) is 18.6 Å². The fourth-order valence-corrected chi connectivity index (χ4v) is 3.06. The third-order valence-corrected chi connectivity index (χ3v) is 4.41. The topological polar surface area (TPSA) is 78.5 Å². The molecule has 0 unspecified atom stereocenters. The van der Waals surface area contributed by atoms with Crippen LogP contribution in [0.5, 0.6) is 0 Å². The van der Waals surface area contributed by atoms with Crippen molar-refractivity contribution in [2.75, 3.05) is 11.9 Å². The Morgan fingerprint density at radius 2 is 1.68 bits per heavy atom. The number of benzene rings is 2. The van der Waals surface area contributed by atoms with Crippen molar-refractivity contribution in [3.05, 3.63) is 65.7 Å². The highest BCUT2D eigenvalue weighted by Crippen LogP contribution is 2.39. The van der Waals surface area contributed by atoms with Gasteiger partial charge in [0.05, 0.1) is 5.56 Å². The van der Waals surface area contributed by atoms with Gasteiger partial charge in [0, 0.05) is 5.69 Å². The van der Waals surface area contributed by atoms with E-state index in [4.69, 9.17) is 0 Å². The number of nitrogens with one attached hydrogen (secondary N) is 2. The normalized spacial score (nSPS) is 19.5. The minimum Gasteiger partial charge on any atom is -0.325 e. The monoisotopic (exact) mass is 391 g/mol. The maximum absolute atomic E-state index is 13.3. The summed E-state index contributed by atoms with van der Waals surface area (Å²) in [7, 11) is 0. The largest absolute Gasteiger partial charge is 0.416 e. The summed E-state index contributed by atoms with van der Waals surface area (Å²) in [4.78, 5) is 37.8. The summed E-state index contributed by atoms with van der Waals surface area (Å²) >= 11 is 0. The number of imide groups is 1. The Balaban J connectivity index is 1.85. The lowest BCUT2D eigenvalue weighted by Gasteiger charge is -2.25. The van der Waals surface area contributed by atoms with Crippen LogP contribution in [0.2, 0.25) is 0 Å². The first-order valence-corrected chi connectivity index (χ1v) is 8.28. The minimum atomic E-state index is -4.71. The SMILES string of the molecule is C[C@]1(c2ccccc2C(F)(F)F)NC(=O)N(CC(=O)Nc2ccccc2)C1=O. The molecule has 0 saturated carbocycles. The first kappa shape index (κ1) is 19.4. The number of amides is 4. The molecule has 4 amide bonds. The second-order valence-electron chi connectivity index (χ2n) is 6.40. The number of carbonyl (C=O) groups excluding carboxylic acids is 3. The lowest BCUT2D eigenvalue weighted by atomic mass is 9.87. The van der Waals surface area contributed by atoms with Crippen LogP contribution in [-0.4, -0.2) is 29.3 Å². The van der Waals surface area contributed by atoms with Gasteiger partial charge in [0.15, 0.2) is 0 Å². The molecule has 1 aliphatic heterocycles. The minimum absolute atomic E-state index is 0.383. The molecule has 6 nitrogen and oxygen atoms in total. The molecule has 1 saturated heterocycles. The average molecular weight is 391 g/mol. The summed E-state index contributed by atoms with van der Waals surface area (Å²) in [6.07, 6.45) is -4.71. The third-order valence-electron chi connectivity index (χ3n) is 4.41. The van der Waals surface area contributed by atoms with Gasteiger partial charge in [0.2, 0.25) is 5.91 Å². The van der Waals surface area contributed by atoms with Crippen LogP contribution in [0.3, 0.4) is 0 Å². The zero-order valence-corrected chi connectivity index (χ0v) is 14.7. The molecule has 0 radical (unpaired) electrons. The maximum Gasteiger partial charge on any atom is 0.416 e. The molecule has 146 valence electrons. The number of alkyl halides is 3. The zero-order chi connectivity index (χ0) is 20.5. The number of carbonyl (C=O) groups is 3. The van der Waals surface area contributed by atoms with Crippen LogP contribution in [0.15, 0.2) is 54.6 Å². The molecule has 0 bridgehead atoms. The number of rotatable bonds is 4. The zero-order valence-electron chi connectivity index (χ0n) is 14.7. The number of anilines is 1. The Labute approximate surface area is 158 Å². The maximum atomic E-state index is 13.3. The molecule has 0 aliphatic carbocycles. The Morgan fingerprint density at radius 3 is 2.32 bits per heavy atom. The van der Waals surface area contributed by atoms with Crippen LogP contribution in [0.25, 0.3) is 0 Å². The fraction of sp³-hybridized carbons (Fsp3) is 0.211. The van der Waals surface area contributed by atoms with Crippen LogP contribution in [0.4, 0.5) is 23.7 Å². The van der Waals surface area contributed by atoms with Gasteiger partial charge in [-0.05, 0) is 30.7 Å². The predicted molar refractivity (Wildman–Crippen MR) is 94.1 cm³/mol. The average Bonchev–Trinajstić information content (AvgIpc) is 2.86. The molecule has 1 atom stereocenters. The van der Waals surface area contributed by atoms with Crippen LogP contribution in [0.1, 0.15) is 18.1 Å². The quantitative estimate of drug-likeness (QED) is 0.787. The molecule has 2 N–H and O–H groups in total. The molecule has 1 fully saturated rings. The number of hydrogen-bond donors (Lipinski definition) is 2. The smallest absolute Gasteiger partial charge is 0.325 e. The van der Waals surface area contributed by atoms with Crippen LogP contribution < -0.4 is 10.6 Å². The highest BCUT2D eigenvalue weighted by molar-refractivity contribution is 6.10. The second-order valence-corrected chi connectivity index (χ2v) is 6.40. The van der Waals surface area contributed by atoms with Gasteiger partial charge in [-0.15, -0.1) is 0 Å². The van der Waals surface area contributed by atoms with Crippen molar-refractivity contribution >= 4 is 23.5 Å². The van der Waals surface area contributed by atoms with E-state index < -0.39 is 41.7 Å². The first-order valence-electron chi connectivity index (χ1n) is 8.28.